The van der Waals surface area contributed by atoms with Gasteiger partial charge in [-0.3, -0.25) is 0 Å². The van der Waals surface area contributed by atoms with Crippen LogP contribution < -0.4 is 9.62 Å². The van der Waals surface area contributed by atoms with Crippen molar-refractivity contribution in [3.8, 4) is 0 Å². The highest BCUT2D eigenvalue weighted by atomic mass is 32.2. The highest BCUT2D eigenvalue weighted by Crippen LogP contribution is 2.30. The normalized spacial score (nSPS) is 23.1. The Bertz CT molecular complexity index is 674. The summed E-state index contributed by atoms with van der Waals surface area (Å²) in [7, 11) is -3.30. The standard InChI is InChI=1S/C14H18F3N3O2S/c15-14(16,17)12-4-1-5-13(18-12)20-8-2-3-10(9-20)19-23(21,22)11-6-7-11/h1,4-5,10-11,19H,2-3,6-9H2. The largest absolute Gasteiger partial charge is 0.433 e. The summed E-state index contributed by atoms with van der Waals surface area (Å²) in [5, 5.41) is -0.301. The van der Waals surface area contributed by atoms with Crippen molar-refractivity contribution in [3.05, 3.63) is 23.9 Å². The van der Waals surface area contributed by atoms with Crippen LogP contribution >= 0.6 is 0 Å². The van der Waals surface area contributed by atoms with Gasteiger partial charge in [0, 0.05) is 19.1 Å². The fraction of sp³-hybridized carbons (Fsp3) is 0.643. The third-order valence-electron chi connectivity index (χ3n) is 4.06. The van der Waals surface area contributed by atoms with Gasteiger partial charge in [0.2, 0.25) is 10.0 Å². The maximum absolute atomic E-state index is 12.8. The SMILES string of the molecule is O=S(=O)(NC1CCCN(c2cccc(C(F)(F)F)n2)C1)C1CC1. The lowest BCUT2D eigenvalue weighted by atomic mass is 10.1. The van der Waals surface area contributed by atoms with Gasteiger partial charge in [-0.1, -0.05) is 6.07 Å². The molecular weight excluding hydrogens is 331 g/mol. The quantitative estimate of drug-likeness (QED) is 0.905. The second-order valence-corrected chi connectivity index (χ2v) is 8.02. The maximum Gasteiger partial charge on any atom is 0.433 e. The molecular formula is C14H18F3N3O2S. The summed E-state index contributed by atoms with van der Waals surface area (Å²) in [6.07, 6.45) is -1.74. The van der Waals surface area contributed by atoms with Gasteiger partial charge in [-0.05, 0) is 37.8 Å². The first-order chi connectivity index (χ1) is 10.8. The number of pyridine rings is 1. The predicted octanol–water partition coefficient (Wildman–Crippen LogP) is 2.15. The van der Waals surface area contributed by atoms with E-state index in [1.54, 1.807) is 4.90 Å². The number of hydrogen-bond donors (Lipinski definition) is 1. The van der Waals surface area contributed by atoms with Crippen molar-refractivity contribution in [2.24, 2.45) is 0 Å². The summed E-state index contributed by atoms with van der Waals surface area (Å²) < 4.78 is 64.9. The van der Waals surface area contributed by atoms with E-state index in [0.717, 1.165) is 6.07 Å². The lowest BCUT2D eigenvalue weighted by Gasteiger charge is -2.34. The molecule has 1 aromatic heterocycles. The Labute approximate surface area is 132 Å². The zero-order valence-electron chi connectivity index (χ0n) is 12.4. The molecule has 3 rings (SSSR count). The lowest BCUT2D eigenvalue weighted by molar-refractivity contribution is -0.141. The molecule has 1 aromatic rings. The average molecular weight is 349 g/mol. The van der Waals surface area contributed by atoms with E-state index in [1.807, 2.05) is 0 Å². The first-order valence-corrected chi connectivity index (χ1v) is 9.11. The highest BCUT2D eigenvalue weighted by molar-refractivity contribution is 7.90. The molecule has 23 heavy (non-hydrogen) atoms. The first kappa shape index (κ1) is 16.5. The smallest absolute Gasteiger partial charge is 0.355 e. The molecule has 0 radical (unpaired) electrons. The van der Waals surface area contributed by atoms with Crippen LogP contribution in [0.15, 0.2) is 18.2 Å². The van der Waals surface area contributed by atoms with Crippen molar-refractivity contribution < 1.29 is 21.6 Å². The number of nitrogens with one attached hydrogen (secondary N) is 1. The molecule has 2 aliphatic rings. The van der Waals surface area contributed by atoms with E-state index in [-0.39, 0.29) is 17.1 Å². The molecule has 0 bridgehead atoms. The van der Waals surface area contributed by atoms with Gasteiger partial charge in [-0.15, -0.1) is 0 Å². The van der Waals surface area contributed by atoms with Crippen LogP contribution in [0, 0.1) is 0 Å². The van der Waals surface area contributed by atoms with Crippen LogP contribution in [0.3, 0.4) is 0 Å². The van der Waals surface area contributed by atoms with Crippen molar-refractivity contribution in [1.82, 2.24) is 9.71 Å². The molecule has 0 spiro atoms. The van der Waals surface area contributed by atoms with E-state index in [2.05, 4.69) is 9.71 Å². The van der Waals surface area contributed by atoms with Crippen LogP contribution in [-0.2, 0) is 16.2 Å². The number of aromatic nitrogens is 1. The Balaban J connectivity index is 1.71. The number of anilines is 1. The third-order valence-corrected chi connectivity index (χ3v) is 6.08. The highest BCUT2D eigenvalue weighted by Gasteiger charge is 2.38. The van der Waals surface area contributed by atoms with Gasteiger partial charge in [-0.2, -0.15) is 13.2 Å². The summed E-state index contributed by atoms with van der Waals surface area (Å²) in [6, 6.07) is 3.49. The van der Waals surface area contributed by atoms with Crippen LogP contribution in [0.2, 0.25) is 0 Å². The second kappa shape index (κ2) is 5.94. The van der Waals surface area contributed by atoms with Crippen LogP contribution in [0.4, 0.5) is 19.0 Å². The van der Waals surface area contributed by atoms with Crippen molar-refractivity contribution in [2.45, 2.75) is 43.2 Å². The fourth-order valence-electron chi connectivity index (χ4n) is 2.75. The van der Waals surface area contributed by atoms with Gasteiger partial charge < -0.3 is 4.90 Å². The first-order valence-electron chi connectivity index (χ1n) is 7.56. The Morgan fingerprint density at radius 2 is 1.96 bits per heavy atom. The Hall–Kier alpha value is -1.35. The van der Waals surface area contributed by atoms with Gasteiger partial charge in [0.25, 0.3) is 0 Å². The zero-order valence-corrected chi connectivity index (χ0v) is 13.2. The van der Waals surface area contributed by atoms with E-state index < -0.39 is 21.9 Å². The molecule has 1 aliphatic heterocycles. The van der Waals surface area contributed by atoms with Crippen LogP contribution in [-0.4, -0.2) is 37.8 Å². The van der Waals surface area contributed by atoms with E-state index in [0.29, 0.717) is 38.8 Å². The van der Waals surface area contributed by atoms with Gasteiger partial charge in [-0.25, -0.2) is 18.1 Å². The number of halogens is 3. The van der Waals surface area contributed by atoms with Gasteiger partial charge in [0.15, 0.2) is 0 Å². The molecule has 1 N–H and O–H groups in total. The molecule has 9 heteroatoms. The number of piperidine rings is 1. The number of sulfonamides is 1. The molecule has 0 aromatic carbocycles. The number of hydrogen-bond acceptors (Lipinski definition) is 4. The van der Waals surface area contributed by atoms with E-state index in [1.165, 1.54) is 12.1 Å². The minimum absolute atomic E-state index is 0.232. The zero-order chi connectivity index (χ0) is 16.7. The van der Waals surface area contributed by atoms with E-state index in [4.69, 9.17) is 0 Å². The summed E-state index contributed by atoms with van der Waals surface area (Å²) in [4.78, 5) is 5.38. The van der Waals surface area contributed by atoms with Gasteiger partial charge in [0.1, 0.15) is 11.5 Å². The van der Waals surface area contributed by atoms with E-state index in [9.17, 15) is 21.6 Å². The summed E-state index contributed by atoms with van der Waals surface area (Å²) in [5.41, 5.74) is -0.935. The molecule has 1 unspecified atom stereocenters. The van der Waals surface area contributed by atoms with E-state index >= 15 is 0 Å². The minimum atomic E-state index is -4.49. The molecule has 1 saturated carbocycles. The topological polar surface area (TPSA) is 62.3 Å². The molecule has 2 heterocycles. The van der Waals surface area contributed by atoms with Gasteiger partial charge in [0.05, 0.1) is 5.25 Å². The van der Waals surface area contributed by atoms with Crippen molar-refractivity contribution in [2.75, 3.05) is 18.0 Å². The monoisotopic (exact) mass is 349 g/mol. The lowest BCUT2D eigenvalue weighted by Crippen LogP contribution is -2.48. The van der Waals surface area contributed by atoms with Crippen LogP contribution in [0.5, 0.6) is 0 Å². The van der Waals surface area contributed by atoms with Crippen LogP contribution in [0.1, 0.15) is 31.4 Å². The molecule has 5 nitrogen and oxygen atoms in total. The van der Waals surface area contributed by atoms with Crippen LogP contribution in [0.25, 0.3) is 0 Å². The molecule has 1 aliphatic carbocycles. The average Bonchev–Trinajstić information content (AvgIpc) is 3.31. The maximum atomic E-state index is 12.8. The minimum Gasteiger partial charge on any atom is -0.355 e. The Morgan fingerprint density at radius 3 is 2.61 bits per heavy atom. The van der Waals surface area contributed by atoms with Crippen molar-refractivity contribution in [3.63, 3.8) is 0 Å². The van der Waals surface area contributed by atoms with Gasteiger partial charge >= 0.3 is 6.18 Å². The number of rotatable bonds is 4. The number of nitrogens with zero attached hydrogens (tertiary/aromatic N) is 2. The molecule has 0 amide bonds. The van der Waals surface area contributed by atoms with Crippen molar-refractivity contribution in [1.29, 1.82) is 0 Å². The fourth-order valence-corrected chi connectivity index (χ4v) is 4.35. The number of alkyl halides is 3. The molecule has 128 valence electrons. The summed E-state index contributed by atoms with van der Waals surface area (Å²) >= 11 is 0. The summed E-state index contributed by atoms with van der Waals surface area (Å²) in [5.74, 6) is 0.232. The second-order valence-electron chi connectivity index (χ2n) is 6.03. The third kappa shape index (κ3) is 3.95. The predicted molar refractivity (Wildman–Crippen MR) is 79.6 cm³/mol. The molecule has 2 fully saturated rings. The van der Waals surface area contributed by atoms with Crippen molar-refractivity contribution >= 4 is 15.8 Å². The Kier molecular flexibility index (Phi) is 4.26. The molecule has 1 atom stereocenters. The summed E-state index contributed by atoms with van der Waals surface area (Å²) in [6.45, 7) is 0.899. The Morgan fingerprint density at radius 1 is 1.22 bits per heavy atom. The molecule has 1 saturated heterocycles.